The molecule has 0 aliphatic rings. The number of para-hydroxylation sites is 1. The molecule has 0 unspecified atom stereocenters. The molecule has 0 aromatic heterocycles. The van der Waals surface area contributed by atoms with Crippen molar-refractivity contribution in [2.45, 2.75) is 45.1 Å². The Balaban J connectivity index is 1.86. The zero-order valence-corrected chi connectivity index (χ0v) is 19.1. The van der Waals surface area contributed by atoms with Gasteiger partial charge in [0.15, 0.2) is 0 Å². The van der Waals surface area contributed by atoms with E-state index in [4.69, 9.17) is 0 Å². The van der Waals surface area contributed by atoms with Crippen LogP contribution in [-0.2, 0) is 10.0 Å². The summed E-state index contributed by atoms with van der Waals surface area (Å²) >= 11 is 0. The first-order chi connectivity index (χ1) is 14.7. The maximum absolute atomic E-state index is 13.0. The molecule has 0 heterocycles. The highest BCUT2D eigenvalue weighted by Gasteiger charge is 2.21. The Hall–Kier alpha value is -3.12. The van der Waals surface area contributed by atoms with E-state index in [-0.39, 0.29) is 16.8 Å². The van der Waals surface area contributed by atoms with E-state index < -0.39 is 10.0 Å². The molecule has 31 heavy (non-hydrogen) atoms. The minimum Gasteiger partial charge on any atom is -0.345 e. The summed E-state index contributed by atoms with van der Waals surface area (Å²) in [5, 5.41) is 3.02. The van der Waals surface area contributed by atoms with E-state index in [1.807, 2.05) is 57.2 Å². The van der Waals surface area contributed by atoms with Gasteiger partial charge in [0.05, 0.1) is 16.6 Å². The van der Waals surface area contributed by atoms with E-state index in [1.165, 1.54) is 6.07 Å². The lowest BCUT2D eigenvalue weighted by Gasteiger charge is -2.18. The van der Waals surface area contributed by atoms with Gasteiger partial charge in [-0.15, -0.1) is 0 Å². The monoisotopic (exact) mass is 436 g/mol. The van der Waals surface area contributed by atoms with Crippen LogP contribution >= 0.6 is 0 Å². The number of nitrogens with one attached hydrogen (secondary N) is 2. The topological polar surface area (TPSA) is 75.3 Å². The van der Waals surface area contributed by atoms with Crippen LogP contribution in [0, 0.1) is 20.8 Å². The molecule has 0 aliphatic heterocycles. The molecule has 0 radical (unpaired) electrons. The fraction of sp³-hybridized carbons (Fsp3) is 0.240. The molecule has 0 bridgehead atoms. The Morgan fingerprint density at radius 2 is 1.58 bits per heavy atom. The van der Waals surface area contributed by atoms with Gasteiger partial charge in [-0.1, -0.05) is 61.0 Å². The Kier molecular flexibility index (Phi) is 6.81. The van der Waals surface area contributed by atoms with Crippen molar-refractivity contribution in [1.82, 2.24) is 5.32 Å². The van der Waals surface area contributed by atoms with Crippen molar-refractivity contribution in [3.05, 3.63) is 94.5 Å². The fourth-order valence-electron chi connectivity index (χ4n) is 3.38. The maximum Gasteiger partial charge on any atom is 0.262 e. The molecule has 162 valence electrons. The van der Waals surface area contributed by atoms with Crippen molar-refractivity contribution in [2.24, 2.45) is 0 Å². The minimum absolute atomic E-state index is 0.0896. The van der Waals surface area contributed by atoms with Crippen molar-refractivity contribution >= 4 is 21.6 Å². The molecular weight excluding hydrogens is 408 g/mol. The van der Waals surface area contributed by atoms with Crippen molar-refractivity contribution in [3.63, 3.8) is 0 Å². The number of hydrogen-bond donors (Lipinski definition) is 2. The lowest BCUT2D eigenvalue weighted by molar-refractivity contribution is 0.0935. The van der Waals surface area contributed by atoms with Crippen LogP contribution in [0.25, 0.3) is 0 Å². The van der Waals surface area contributed by atoms with Gasteiger partial charge in [0, 0.05) is 5.56 Å². The number of amides is 1. The van der Waals surface area contributed by atoms with E-state index in [0.29, 0.717) is 16.8 Å². The third-order valence-corrected chi connectivity index (χ3v) is 6.83. The molecule has 5 nitrogen and oxygen atoms in total. The summed E-state index contributed by atoms with van der Waals surface area (Å²) in [5.41, 5.74) is 4.38. The number of anilines is 1. The average molecular weight is 437 g/mol. The third-order valence-electron chi connectivity index (χ3n) is 5.32. The predicted molar refractivity (Wildman–Crippen MR) is 125 cm³/mol. The minimum atomic E-state index is -3.84. The van der Waals surface area contributed by atoms with Crippen LogP contribution in [-0.4, -0.2) is 14.3 Å². The van der Waals surface area contributed by atoms with E-state index in [1.54, 1.807) is 31.2 Å². The van der Waals surface area contributed by atoms with Crippen molar-refractivity contribution in [1.29, 1.82) is 0 Å². The second-order valence-corrected chi connectivity index (χ2v) is 9.40. The number of sulfonamides is 1. The second kappa shape index (κ2) is 9.35. The standard InChI is InChI=1S/C25H28N2O3S/c1-5-22(20-13-10-17(2)11-14-20)26-25(28)21-15-12-19(4)24(16-21)31(29,30)27-23-9-7-6-8-18(23)3/h6-16,22,27H,5H2,1-4H3,(H,26,28)/t22-/m1/s1. The van der Waals surface area contributed by atoms with Crippen LogP contribution in [0.15, 0.2) is 71.6 Å². The van der Waals surface area contributed by atoms with Gasteiger partial charge < -0.3 is 5.32 Å². The zero-order chi connectivity index (χ0) is 22.6. The lowest BCUT2D eigenvalue weighted by atomic mass is 10.0. The van der Waals surface area contributed by atoms with Crippen LogP contribution in [0.1, 0.15) is 52.0 Å². The quantitative estimate of drug-likeness (QED) is 0.528. The highest BCUT2D eigenvalue weighted by molar-refractivity contribution is 7.92. The predicted octanol–water partition coefficient (Wildman–Crippen LogP) is 5.29. The largest absolute Gasteiger partial charge is 0.345 e. The summed E-state index contributed by atoms with van der Waals surface area (Å²) < 4.78 is 28.7. The molecule has 6 heteroatoms. The first-order valence-corrected chi connectivity index (χ1v) is 11.8. The summed E-state index contributed by atoms with van der Waals surface area (Å²) in [6.07, 6.45) is 0.723. The molecule has 3 aromatic carbocycles. The number of carbonyl (C=O) groups is 1. The van der Waals surface area contributed by atoms with Gasteiger partial charge in [-0.2, -0.15) is 0 Å². The van der Waals surface area contributed by atoms with Crippen molar-refractivity contribution in [3.8, 4) is 0 Å². The SMILES string of the molecule is CC[C@@H](NC(=O)c1ccc(C)c(S(=O)(=O)Nc2ccccc2C)c1)c1ccc(C)cc1. The molecule has 0 aliphatic carbocycles. The number of aryl methyl sites for hydroxylation is 3. The Bertz CT molecular complexity index is 1190. The second-order valence-electron chi connectivity index (χ2n) is 7.75. The van der Waals surface area contributed by atoms with Crippen molar-refractivity contribution in [2.75, 3.05) is 4.72 Å². The molecule has 0 fully saturated rings. The molecule has 0 saturated carbocycles. The Labute approximate surface area is 184 Å². The molecule has 1 amide bonds. The van der Waals surface area contributed by atoms with Crippen LogP contribution in [0.4, 0.5) is 5.69 Å². The molecule has 1 atom stereocenters. The summed E-state index contributed by atoms with van der Waals surface area (Å²) in [6, 6.07) is 19.8. The molecule has 0 spiro atoms. The van der Waals surface area contributed by atoms with Crippen molar-refractivity contribution < 1.29 is 13.2 Å². The molecule has 0 saturated heterocycles. The highest BCUT2D eigenvalue weighted by atomic mass is 32.2. The maximum atomic E-state index is 13.0. The van der Waals surface area contributed by atoms with Crippen LogP contribution in [0.2, 0.25) is 0 Å². The molecule has 3 aromatic rings. The summed E-state index contributed by atoms with van der Waals surface area (Å²) in [4.78, 5) is 13.0. The number of hydrogen-bond acceptors (Lipinski definition) is 3. The Morgan fingerprint density at radius 3 is 2.23 bits per heavy atom. The number of rotatable bonds is 7. The van der Waals surface area contributed by atoms with E-state index in [2.05, 4.69) is 10.0 Å². The van der Waals surface area contributed by atoms with Gasteiger partial charge >= 0.3 is 0 Å². The zero-order valence-electron chi connectivity index (χ0n) is 18.3. The smallest absolute Gasteiger partial charge is 0.262 e. The van der Waals surface area contributed by atoms with E-state index >= 15 is 0 Å². The van der Waals surface area contributed by atoms with Crippen LogP contribution in [0.5, 0.6) is 0 Å². The van der Waals surface area contributed by atoms with Crippen LogP contribution < -0.4 is 10.0 Å². The lowest BCUT2D eigenvalue weighted by Crippen LogP contribution is -2.28. The normalized spacial score (nSPS) is 12.3. The average Bonchev–Trinajstić information content (AvgIpc) is 2.74. The molecule has 3 rings (SSSR count). The highest BCUT2D eigenvalue weighted by Crippen LogP contribution is 2.24. The van der Waals surface area contributed by atoms with Gasteiger partial charge in [0.1, 0.15) is 0 Å². The number of carbonyl (C=O) groups excluding carboxylic acids is 1. The van der Waals surface area contributed by atoms with Gasteiger partial charge in [0.2, 0.25) is 0 Å². The van der Waals surface area contributed by atoms with Gasteiger partial charge in [-0.3, -0.25) is 9.52 Å². The van der Waals surface area contributed by atoms with Crippen LogP contribution in [0.3, 0.4) is 0 Å². The van der Waals surface area contributed by atoms with E-state index in [9.17, 15) is 13.2 Å². The van der Waals surface area contributed by atoms with E-state index in [0.717, 1.165) is 23.1 Å². The van der Waals surface area contributed by atoms with Gasteiger partial charge in [0.25, 0.3) is 15.9 Å². The first kappa shape index (κ1) is 22.6. The Morgan fingerprint density at radius 1 is 0.903 bits per heavy atom. The van der Waals surface area contributed by atoms with Gasteiger partial charge in [-0.25, -0.2) is 8.42 Å². The summed E-state index contributed by atoms with van der Waals surface area (Å²) in [6.45, 7) is 7.57. The first-order valence-electron chi connectivity index (χ1n) is 10.3. The summed E-state index contributed by atoms with van der Waals surface area (Å²) in [7, 11) is -3.84. The van der Waals surface area contributed by atoms with Gasteiger partial charge in [-0.05, 0) is 62.1 Å². The molecule has 2 N–H and O–H groups in total. The molecular formula is C25H28N2O3S. The summed E-state index contributed by atoms with van der Waals surface area (Å²) in [5.74, 6) is -0.306. The number of benzene rings is 3. The fourth-order valence-corrected chi connectivity index (χ4v) is 4.78. The third kappa shape index (κ3) is 5.33.